The molecule has 0 atom stereocenters. The molecule has 0 aromatic heterocycles. The maximum Gasteiger partial charge on any atom is 0.267 e. The molecule has 0 N–H and O–H groups in total. The number of amides is 1. The Morgan fingerprint density at radius 1 is 0.925 bits per heavy atom. The molecule has 40 heavy (non-hydrogen) atoms. The van der Waals surface area contributed by atoms with Gasteiger partial charge >= 0.3 is 0 Å². The standard InChI is InChI=1S/C31H23Cl2FN2O3S/c1-38-25-13-9-20(10-14-25)18-36-30(37)28(40-31(36)35-24-5-3-2-4-6-24)17-22-15-26(32)29(27(33)16-22)39-19-21-7-11-23(34)12-8-21/h2-17H,18-19H2,1H3. The number of nitrogens with zero attached hydrogens (tertiary/aromatic N) is 2. The van der Waals surface area contributed by atoms with Crippen molar-refractivity contribution >= 4 is 57.8 Å². The SMILES string of the molecule is COc1ccc(CN2C(=O)C(=Cc3cc(Cl)c(OCc4ccc(F)cc4)c(Cl)c3)SC2=Nc2ccccc2)cc1. The summed E-state index contributed by atoms with van der Waals surface area (Å²) in [5.74, 6) is 0.548. The predicted octanol–water partition coefficient (Wildman–Crippen LogP) is 8.52. The van der Waals surface area contributed by atoms with Crippen LogP contribution in [0.3, 0.4) is 0 Å². The number of hydrogen-bond donors (Lipinski definition) is 0. The van der Waals surface area contributed by atoms with Gasteiger partial charge in [0.1, 0.15) is 18.2 Å². The van der Waals surface area contributed by atoms with Crippen molar-refractivity contribution in [2.24, 2.45) is 4.99 Å². The number of rotatable bonds is 8. The fourth-order valence-electron chi connectivity index (χ4n) is 3.95. The van der Waals surface area contributed by atoms with Crippen LogP contribution >= 0.6 is 35.0 Å². The summed E-state index contributed by atoms with van der Waals surface area (Å²) >= 11 is 14.3. The molecule has 0 saturated carbocycles. The van der Waals surface area contributed by atoms with Gasteiger partial charge in [0.2, 0.25) is 0 Å². The number of methoxy groups -OCH3 is 1. The molecule has 1 heterocycles. The second-order valence-electron chi connectivity index (χ2n) is 8.81. The van der Waals surface area contributed by atoms with E-state index in [9.17, 15) is 9.18 Å². The fourth-order valence-corrected chi connectivity index (χ4v) is 5.56. The van der Waals surface area contributed by atoms with Crippen LogP contribution in [0.15, 0.2) is 101 Å². The van der Waals surface area contributed by atoms with E-state index in [4.69, 9.17) is 37.7 Å². The number of carbonyl (C=O) groups is 1. The van der Waals surface area contributed by atoms with Crippen LogP contribution in [0.25, 0.3) is 6.08 Å². The summed E-state index contributed by atoms with van der Waals surface area (Å²) < 4.78 is 24.2. The maximum atomic E-state index is 13.6. The van der Waals surface area contributed by atoms with Gasteiger partial charge in [0.05, 0.1) is 34.3 Å². The number of amidine groups is 1. The second kappa shape index (κ2) is 12.6. The maximum absolute atomic E-state index is 13.6. The molecule has 1 aliphatic rings. The van der Waals surface area contributed by atoms with Crippen LogP contribution in [-0.2, 0) is 17.9 Å². The Kier molecular flexibility index (Phi) is 8.75. The van der Waals surface area contributed by atoms with Gasteiger partial charge in [-0.05, 0) is 83.1 Å². The van der Waals surface area contributed by atoms with Crippen LogP contribution in [0.2, 0.25) is 10.0 Å². The first kappa shape index (κ1) is 27.8. The van der Waals surface area contributed by atoms with E-state index < -0.39 is 0 Å². The highest BCUT2D eigenvalue weighted by Crippen LogP contribution is 2.39. The van der Waals surface area contributed by atoms with Gasteiger partial charge in [0, 0.05) is 0 Å². The molecule has 0 radical (unpaired) electrons. The van der Waals surface area contributed by atoms with Crippen LogP contribution in [0, 0.1) is 5.82 Å². The van der Waals surface area contributed by atoms with Gasteiger partial charge in [-0.25, -0.2) is 9.38 Å². The minimum Gasteiger partial charge on any atom is -0.497 e. The number of thioether (sulfide) groups is 1. The van der Waals surface area contributed by atoms with Crippen LogP contribution in [0.1, 0.15) is 16.7 Å². The summed E-state index contributed by atoms with van der Waals surface area (Å²) in [7, 11) is 1.61. The zero-order chi connectivity index (χ0) is 28.1. The van der Waals surface area contributed by atoms with Crippen LogP contribution < -0.4 is 9.47 Å². The van der Waals surface area contributed by atoms with Crippen molar-refractivity contribution in [2.45, 2.75) is 13.2 Å². The molecule has 9 heteroatoms. The number of halogens is 3. The Hall–Kier alpha value is -3.78. The van der Waals surface area contributed by atoms with Gasteiger partial charge in [-0.1, -0.05) is 65.7 Å². The van der Waals surface area contributed by atoms with Gasteiger partial charge in [-0.2, -0.15) is 0 Å². The number of ether oxygens (including phenoxy) is 2. The Labute approximate surface area is 245 Å². The van der Waals surface area contributed by atoms with Crippen molar-refractivity contribution in [3.8, 4) is 11.5 Å². The van der Waals surface area contributed by atoms with E-state index in [-0.39, 0.29) is 18.3 Å². The monoisotopic (exact) mass is 592 g/mol. The van der Waals surface area contributed by atoms with Gasteiger partial charge in [0.25, 0.3) is 5.91 Å². The summed E-state index contributed by atoms with van der Waals surface area (Å²) in [6.45, 7) is 0.518. The van der Waals surface area contributed by atoms with Gasteiger partial charge in [0.15, 0.2) is 10.9 Å². The summed E-state index contributed by atoms with van der Waals surface area (Å²) in [4.78, 5) is 20.4. The molecule has 202 valence electrons. The topological polar surface area (TPSA) is 51.1 Å². The Balaban J connectivity index is 1.40. The minimum absolute atomic E-state index is 0.175. The smallest absolute Gasteiger partial charge is 0.267 e. The molecule has 4 aromatic rings. The van der Waals surface area contributed by atoms with Crippen molar-refractivity contribution in [2.75, 3.05) is 7.11 Å². The third-order valence-corrected chi connectivity index (χ3v) is 7.55. The molecule has 1 amide bonds. The highest BCUT2D eigenvalue weighted by molar-refractivity contribution is 8.18. The lowest BCUT2D eigenvalue weighted by Gasteiger charge is -2.16. The lowest BCUT2D eigenvalue weighted by molar-refractivity contribution is -0.122. The van der Waals surface area contributed by atoms with Crippen LogP contribution in [0.5, 0.6) is 11.5 Å². The average molecular weight is 594 g/mol. The van der Waals surface area contributed by atoms with Gasteiger partial charge in [-0.3, -0.25) is 9.69 Å². The molecule has 5 nitrogen and oxygen atoms in total. The molecule has 1 saturated heterocycles. The van der Waals surface area contributed by atoms with Crippen molar-refractivity contribution in [1.29, 1.82) is 0 Å². The predicted molar refractivity (Wildman–Crippen MR) is 160 cm³/mol. The molecule has 5 rings (SSSR count). The molecule has 0 bridgehead atoms. The van der Waals surface area contributed by atoms with E-state index in [1.165, 1.54) is 23.9 Å². The summed E-state index contributed by atoms with van der Waals surface area (Å²) in [6.07, 6.45) is 1.74. The first-order chi connectivity index (χ1) is 19.4. The number of benzene rings is 4. The Bertz CT molecular complexity index is 1550. The Morgan fingerprint density at radius 2 is 1.57 bits per heavy atom. The van der Waals surface area contributed by atoms with Gasteiger partial charge in [-0.15, -0.1) is 0 Å². The highest BCUT2D eigenvalue weighted by Gasteiger charge is 2.33. The quantitative estimate of drug-likeness (QED) is 0.192. The molecule has 1 aliphatic heterocycles. The van der Waals surface area contributed by atoms with E-state index in [0.29, 0.717) is 38.0 Å². The van der Waals surface area contributed by atoms with E-state index in [1.54, 1.807) is 42.4 Å². The van der Waals surface area contributed by atoms with Crippen molar-refractivity contribution in [1.82, 2.24) is 4.90 Å². The van der Waals surface area contributed by atoms with Crippen LogP contribution in [-0.4, -0.2) is 23.1 Å². The lowest BCUT2D eigenvalue weighted by atomic mass is 10.2. The number of carbonyl (C=O) groups excluding carboxylic acids is 1. The van der Waals surface area contributed by atoms with E-state index in [0.717, 1.165) is 22.6 Å². The molecule has 0 aliphatic carbocycles. The van der Waals surface area contributed by atoms with Crippen molar-refractivity contribution in [3.05, 3.63) is 128 Å². The van der Waals surface area contributed by atoms with Gasteiger partial charge < -0.3 is 9.47 Å². The Morgan fingerprint density at radius 3 is 2.23 bits per heavy atom. The number of para-hydroxylation sites is 1. The van der Waals surface area contributed by atoms with Crippen molar-refractivity contribution < 1.29 is 18.7 Å². The lowest BCUT2D eigenvalue weighted by Crippen LogP contribution is -2.28. The third kappa shape index (κ3) is 6.67. The van der Waals surface area contributed by atoms with E-state index in [1.807, 2.05) is 54.6 Å². The molecule has 0 spiro atoms. The van der Waals surface area contributed by atoms with E-state index in [2.05, 4.69) is 0 Å². The summed E-state index contributed by atoms with van der Waals surface area (Å²) in [6, 6.07) is 26.4. The number of hydrogen-bond acceptors (Lipinski definition) is 5. The van der Waals surface area contributed by atoms with Crippen molar-refractivity contribution in [3.63, 3.8) is 0 Å². The molecular weight excluding hydrogens is 570 g/mol. The largest absolute Gasteiger partial charge is 0.497 e. The zero-order valence-electron chi connectivity index (χ0n) is 21.3. The third-order valence-electron chi connectivity index (χ3n) is 5.98. The zero-order valence-corrected chi connectivity index (χ0v) is 23.6. The van der Waals surface area contributed by atoms with E-state index >= 15 is 0 Å². The molecule has 1 fully saturated rings. The average Bonchev–Trinajstić information content (AvgIpc) is 3.23. The molecular formula is C31H23Cl2FN2O3S. The fraction of sp³-hybridized carbons (Fsp3) is 0.0968. The van der Waals surface area contributed by atoms with Crippen LogP contribution in [0.4, 0.5) is 10.1 Å². The minimum atomic E-state index is -0.323. The number of aliphatic imine (C=N–C) groups is 1. The molecule has 4 aromatic carbocycles. The second-order valence-corrected chi connectivity index (χ2v) is 10.6. The molecule has 0 unspecified atom stereocenters. The summed E-state index contributed by atoms with van der Waals surface area (Å²) in [5.41, 5.74) is 3.10. The highest BCUT2D eigenvalue weighted by atomic mass is 35.5. The first-order valence-corrected chi connectivity index (χ1v) is 13.8. The first-order valence-electron chi connectivity index (χ1n) is 12.2. The normalized spacial score (nSPS) is 15.2. The summed E-state index contributed by atoms with van der Waals surface area (Å²) in [5, 5.41) is 1.16.